The summed E-state index contributed by atoms with van der Waals surface area (Å²) < 4.78 is 18.6. The molecule has 0 unspecified atom stereocenters. The molecule has 1 N–H and O–H groups in total. The lowest BCUT2D eigenvalue weighted by Crippen LogP contribution is -2.33. The lowest BCUT2D eigenvalue weighted by molar-refractivity contribution is -0.143. The van der Waals surface area contributed by atoms with Crippen LogP contribution in [0.5, 0.6) is 5.75 Å². The molecule has 17 heavy (non-hydrogen) atoms. The molecule has 0 aromatic heterocycles. The number of halogens is 1. The first kappa shape index (κ1) is 11.9. The average molecular weight is 238 g/mol. The monoisotopic (exact) mass is 238 g/mol. The van der Waals surface area contributed by atoms with Gasteiger partial charge in [-0.05, 0) is 18.9 Å². The van der Waals surface area contributed by atoms with Gasteiger partial charge in [-0.1, -0.05) is 25.0 Å². The molecule has 3 nitrogen and oxygen atoms in total. The van der Waals surface area contributed by atoms with Crippen LogP contribution in [0.2, 0.25) is 0 Å². The Morgan fingerprint density at radius 1 is 1.41 bits per heavy atom. The summed E-state index contributed by atoms with van der Waals surface area (Å²) in [6.45, 7) is 0. The number of aliphatic carboxylic acids is 1. The van der Waals surface area contributed by atoms with E-state index in [2.05, 4.69) is 0 Å². The molecule has 1 fully saturated rings. The smallest absolute Gasteiger partial charge is 0.314 e. The largest absolute Gasteiger partial charge is 0.493 e. The van der Waals surface area contributed by atoms with E-state index in [9.17, 15) is 14.3 Å². The fourth-order valence-electron chi connectivity index (χ4n) is 2.67. The van der Waals surface area contributed by atoms with Crippen molar-refractivity contribution < 1.29 is 19.0 Å². The molecule has 0 bridgehead atoms. The van der Waals surface area contributed by atoms with Gasteiger partial charge in [-0.3, -0.25) is 4.79 Å². The molecule has 1 aromatic rings. The van der Waals surface area contributed by atoms with Crippen molar-refractivity contribution in [2.45, 2.75) is 31.1 Å². The molecule has 0 radical (unpaired) electrons. The number of carbonyl (C=O) groups is 1. The van der Waals surface area contributed by atoms with Crippen LogP contribution in [0, 0.1) is 5.82 Å². The van der Waals surface area contributed by atoms with Crippen molar-refractivity contribution in [1.29, 1.82) is 0 Å². The van der Waals surface area contributed by atoms with Crippen LogP contribution in [0.4, 0.5) is 4.39 Å². The summed E-state index contributed by atoms with van der Waals surface area (Å²) in [7, 11) is 1.37. The maximum atomic E-state index is 13.6. The van der Waals surface area contributed by atoms with Gasteiger partial charge in [0.15, 0.2) is 11.6 Å². The van der Waals surface area contributed by atoms with Crippen molar-refractivity contribution in [3.8, 4) is 5.75 Å². The second-order valence-corrected chi connectivity index (χ2v) is 4.42. The van der Waals surface area contributed by atoms with Crippen LogP contribution >= 0.6 is 0 Å². The molecule has 4 heteroatoms. The molecule has 1 aliphatic carbocycles. The first-order chi connectivity index (χ1) is 8.12. The highest BCUT2D eigenvalue weighted by molar-refractivity contribution is 5.83. The predicted octanol–water partition coefficient (Wildman–Crippen LogP) is 2.73. The number of hydrogen-bond donors (Lipinski definition) is 1. The number of benzene rings is 1. The van der Waals surface area contributed by atoms with Gasteiger partial charge in [0.05, 0.1) is 12.5 Å². The highest BCUT2D eigenvalue weighted by Crippen LogP contribution is 2.45. The highest BCUT2D eigenvalue weighted by Gasteiger charge is 2.45. The van der Waals surface area contributed by atoms with Gasteiger partial charge in [0.25, 0.3) is 0 Å². The molecule has 0 heterocycles. The van der Waals surface area contributed by atoms with E-state index in [1.807, 2.05) is 0 Å². The van der Waals surface area contributed by atoms with Crippen LogP contribution in [0.15, 0.2) is 18.2 Å². The molecule has 1 aromatic carbocycles. The van der Waals surface area contributed by atoms with E-state index < -0.39 is 17.2 Å². The van der Waals surface area contributed by atoms with Crippen molar-refractivity contribution in [1.82, 2.24) is 0 Å². The van der Waals surface area contributed by atoms with Crippen molar-refractivity contribution in [2.75, 3.05) is 7.11 Å². The average Bonchev–Trinajstić information content (AvgIpc) is 2.78. The minimum Gasteiger partial charge on any atom is -0.493 e. The van der Waals surface area contributed by atoms with Gasteiger partial charge < -0.3 is 9.84 Å². The zero-order valence-corrected chi connectivity index (χ0v) is 9.70. The second kappa shape index (κ2) is 4.35. The maximum Gasteiger partial charge on any atom is 0.314 e. The fraction of sp³-hybridized carbons (Fsp3) is 0.462. The van der Waals surface area contributed by atoms with Crippen LogP contribution in [0.3, 0.4) is 0 Å². The molecule has 0 saturated heterocycles. The summed E-state index contributed by atoms with van der Waals surface area (Å²) in [5, 5.41) is 9.45. The number of carboxylic acids is 1. The number of para-hydroxylation sites is 1. The van der Waals surface area contributed by atoms with Crippen molar-refractivity contribution in [3.05, 3.63) is 29.6 Å². The first-order valence-corrected chi connectivity index (χ1v) is 5.68. The second-order valence-electron chi connectivity index (χ2n) is 4.42. The Labute approximate surface area is 99.2 Å². The molecule has 1 saturated carbocycles. The fourth-order valence-corrected chi connectivity index (χ4v) is 2.67. The predicted molar refractivity (Wildman–Crippen MR) is 60.7 cm³/mol. The van der Waals surface area contributed by atoms with E-state index in [0.29, 0.717) is 18.4 Å². The summed E-state index contributed by atoms with van der Waals surface area (Å²) in [6.07, 6.45) is 2.79. The topological polar surface area (TPSA) is 46.5 Å². The van der Waals surface area contributed by atoms with Gasteiger partial charge >= 0.3 is 5.97 Å². The van der Waals surface area contributed by atoms with Crippen molar-refractivity contribution in [2.24, 2.45) is 0 Å². The third-order valence-corrected chi connectivity index (χ3v) is 3.55. The molecule has 0 aliphatic heterocycles. The van der Waals surface area contributed by atoms with Gasteiger partial charge in [-0.25, -0.2) is 4.39 Å². The first-order valence-electron chi connectivity index (χ1n) is 5.68. The van der Waals surface area contributed by atoms with E-state index in [4.69, 9.17) is 4.74 Å². The normalized spacial score (nSPS) is 18.0. The molecule has 1 aliphatic rings. The quantitative estimate of drug-likeness (QED) is 0.880. The van der Waals surface area contributed by atoms with E-state index in [0.717, 1.165) is 12.8 Å². The molecule has 0 atom stereocenters. The van der Waals surface area contributed by atoms with Crippen LogP contribution in [0.1, 0.15) is 31.2 Å². The third kappa shape index (κ3) is 1.77. The minimum atomic E-state index is -0.979. The van der Waals surface area contributed by atoms with Crippen LogP contribution in [0.25, 0.3) is 0 Å². The van der Waals surface area contributed by atoms with Crippen molar-refractivity contribution in [3.63, 3.8) is 0 Å². The van der Waals surface area contributed by atoms with Gasteiger partial charge in [0.2, 0.25) is 0 Å². The zero-order valence-electron chi connectivity index (χ0n) is 9.70. The lowest BCUT2D eigenvalue weighted by Gasteiger charge is -2.26. The standard InChI is InChI=1S/C13H15FO3/c1-17-11-9(5-4-6-10(11)14)13(12(15)16)7-2-3-8-13/h4-6H,2-3,7-8H2,1H3,(H,15,16). The zero-order chi connectivity index (χ0) is 12.5. The van der Waals surface area contributed by atoms with Crippen LogP contribution in [-0.4, -0.2) is 18.2 Å². The van der Waals surface area contributed by atoms with E-state index in [-0.39, 0.29) is 5.75 Å². The van der Waals surface area contributed by atoms with Gasteiger partial charge in [0.1, 0.15) is 0 Å². The Balaban J connectivity index is 2.58. The number of rotatable bonds is 3. The van der Waals surface area contributed by atoms with Gasteiger partial charge in [0, 0.05) is 5.56 Å². The molecule has 2 rings (SSSR count). The molecule has 0 amide bonds. The Bertz CT molecular complexity index is 436. The lowest BCUT2D eigenvalue weighted by atomic mass is 9.78. The summed E-state index contributed by atoms with van der Waals surface area (Å²) in [6, 6.07) is 4.48. The summed E-state index contributed by atoms with van der Waals surface area (Å²) in [5.41, 5.74) is -0.516. The Morgan fingerprint density at radius 3 is 2.59 bits per heavy atom. The third-order valence-electron chi connectivity index (χ3n) is 3.55. The number of hydrogen-bond acceptors (Lipinski definition) is 2. The summed E-state index contributed by atoms with van der Waals surface area (Å²) >= 11 is 0. The molecule has 92 valence electrons. The molecule has 0 spiro atoms. The Morgan fingerprint density at radius 2 is 2.06 bits per heavy atom. The van der Waals surface area contributed by atoms with Crippen LogP contribution in [-0.2, 0) is 10.2 Å². The van der Waals surface area contributed by atoms with Gasteiger partial charge in [-0.2, -0.15) is 0 Å². The Kier molecular flexibility index (Phi) is 3.05. The number of methoxy groups -OCH3 is 1. The summed E-state index contributed by atoms with van der Waals surface area (Å²) in [4.78, 5) is 11.5. The maximum absolute atomic E-state index is 13.6. The molecular weight excluding hydrogens is 223 g/mol. The van der Waals surface area contributed by atoms with E-state index in [1.165, 1.54) is 19.2 Å². The van der Waals surface area contributed by atoms with Gasteiger partial charge in [-0.15, -0.1) is 0 Å². The Hall–Kier alpha value is -1.58. The highest BCUT2D eigenvalue weighted by atomic mass is 19.1. The number of ether oxygens (including phenoxy) is 1. The van der Waals surface area contributed by atoms with Crippen molar-refractivity contribution >= 4 is 5.97 Å². The SMILES string of the molecule is COc1c(F)cccc1C1(C(=O)O)CCCC1. The van der Waals surface area contributed by atoms with E-state index in [1.54, 1.807) is 6.07 Å². The number of carboxylic acid groups (broad SMARTS) is 1. The minimum absolute atomic E-state index is 0.0665. The summed E-state index contributed by atoms with van der Waals surface area (Å²) in [5.74, 6) is -1.33. The molecular formula is C13H15FO3. The van der Waals surface area contributed by atoms with E-state index >= 15 is 0 Å². The van der Waals surface area contributed by atoms with Crippen LogP contribution < -0.4 is 4.74 Å².